The molecule has 0 spiro atoms. The number of hydrogen-bond acceptors (Lipinski definition) is 1. The van der Waals surface area contributed by atoms with Crippen molar-refractivity contribution in [3.63, 3.8) is 0 Å². The summed E-state index contributed by atoms with van der Waals surface area (Å²) in [5.74, 6) is 0.433. The van der Waals surface area contributed by atoms with Gasteiger partial charge in [-0.05, 0) is 56.9 Å². The van der Waals surface area contributed by atoms with E-state index in [-0.39, 0.29) is 5.41 Å². The van der Waals surface area contributed by atoms with Gasteiger partial charge in [-0.2, -0.15) is 0 Å². The van der Waals surface area contributed by atoms with Gasteiger partial charge >= 0.3 is 0 Å². The van der Waals surface area contributed by atoms with Crippen molar-refractivity contribution >= 4 is 5.78 Å². The molecule has 2 rings (SSSR count). The van der Waals surface area contributed by atoms with Crippen molar-refractivity contribution in [2.24, 2.45) is 5.41 Å². The van der Waals surface area contributed by atoms with Crippen molar-refractivity contribution < 1.29 is 4.79 Å². The molecule has 0 aromatic rings. The standard InChI is InChI=1S/C15H22O/c1-11(2)7-9-15(3)10-8-14(16)12-5-4-6-13(12)15/h7H,4-6,8-10H2,1-3H3. The number of rotatable bonds is 2. The number of ketones is 1. The summed E-state index contributed by atoms with van der Waals surface area (Å²) < 4.78 is 0. The second-order valence-electron chi connectivity index (χ2n) is 5.78. The minimum Gasteiger partial charge on any atom is -0.295 e. The molecule has 1 nitrogen and oxygen atoms in total. The molecule has 0 bridgehead atoms. The summed E-state index contributed by atoms with van der Waals surface area (Å²) in [7, 11) is 0. The summed E-state index contributed by atoms with van der Waals surface area (Å²) in [4.78, 5) is 11.8. The van der Waals surface area contributed by atoms with Gasteiger partial charge in [-0.15, -0.1) is 0 Å². The molecule has 0 heterocycles. The lowest BCUT2D eigenvalue weighted by molar-refractivity contribution is -0.116. The first-order valence-corrected chi connectivity index (χ1v) is 6.42. The van der Waals surface area contributed by atoms with Crippen molar-refractivity contribution in [1.82, 2.24) is 0 Å². The fourth-order valence-electron chi connectivity index (χ4n) is 3.06. The summed E-state index contributed by atoms with van der Waals surface area (Å²) in [6.07, 6.45) is 8.66. The largest absolute Gasteiger partial charge is 0.295 e. The van der Waals surface area contributed by atoms with E-state index in [1.165, 1.54) is 23.1 Å². The van der Waals surface area contributed by atoms with Crippen LogP contribution in [0.25, 0.3) is 0 Å². The van der Waals surface area contributed by atoms with Gasteiger partial charge in [0, 0.05) is 6.42 Å². The zero-order valence-corrected chi connectivity index (χ0v) is 10.7. The van der Waals surface area contributed by atoms with Crippen molar-refractivity contribution in [1.29, 1.82) is 0 Å². The van der Waals surface area contributed by atoms with Crippen LogP contribution >= 0.6 is 0 Å². The zero-order valence-electron chi connectivity index (χ0n) is 10.7. The predicted octanol–water partition coefficient (Wildman–Crippen LogP) is 4.19. The fraction of sp³-hybridized carbons (Fsp3) is 0.667. The Labute approximate surface area is 98.6 Å². The molecule has 88 valence electrons. The minimum atomic E-state index is 0.275. The van der Waals surface area contributed by atoms with Gasteiger partial charge in [0.1, 0.15) is 0 Å². The van der Waals surface area contributed by atoms with E-state index in [9.17, 15) is 4.79 Å². The molecule has 0 aromatic carbocycles. The Morgan fingerprint density at radius 2 is 2.06 bits per heavy atom. The lowest BCUT2D eigenvalue weighted by Crippen LogP contribution is -2.26. The van der Waals surface area contributed by atoms with Crippen LogP contribution in [0, 0.1) is 5.41 Å². The van der Waals surface area contributed by atoms with E-state index in [4.69, 9.17) is 0 Å². The number of carbonyl (C=O) groups excluding carboxylic acids is 1. The summed E-state index contributed by atoms with van der Waals surface area (Å²) >= 11 is 0. The Hall–Kier alpha value is -0.850. The molecule has 1 unspecified atom stereocenters. The average molecular weight is 218 g/mol. The van der Waals surface area contributed by atoms with Crippen molar-refractivity contribution in [3.8, 4) is 0 Å². The molecule has 0 aliphatic heterocycles. The van der Waals surface area contributed by atoms with Crippen LogP contribution in [0.2, 0.25) is 0 Å². The highest BCUT2D eigenvalue weighted by Gasteiger charge is 2.38. The van der Waals surface area contributed by atoms with Gasteiger partial charge in [-0.3, -0.25) is 4.79 Å². The van der Waals surface area contributed by atoms with E-state index in [0.29, 0.717) is 5.78 Å². The quantitative estimate of drug-likeness (QED) is 0.635. The monoisotopic (exact) mass is 218 g/mol. The van der Waals surface area contributed by atoms with Gasteiger partial charge in [0.05, 0.1) is 0 Å². The lowest BCUT2D eigenvalue weighted by Gasteiger charge is -2.35. The van der Waals surface area contributed by atoms with Gasteiger partial charge in [-0.1, -0.05) is 24.1 Å². The molecule has 0 amide bonds. The Balaban J connectivity index is 2.28. The first kappa shape index (κ1) is 11.6. The molecule has 16 heavy (non-hydrogen) atoms. The number of hydrogen-bond donors (Lipinski definition) is 0. The summed E-state index contributed by atoms with van der Waals surface area (Å²) in [5, 5.41) is 0. The highest BCUT2D eigenvalue weighted by molar-refractivity contribution is 5.97. The van der Waals surface area contributed by atoms with E-state index in [2.05, 4.69) is 26.8 Å². The average Bonchev–Trinajstić information content (AvgIpc) is 2.72. The topological polar surface area (TPSA) is 17.1 Å². The molecule has 0 fully saturated rings. The molecule has 2 aliphatic carbocycles. The van der Waals surface area contributed by atoms with E-state index >= 15 is 0 Å². The Kier molecular flexibility index (Phi) is 3.05. The van der Waals surface area contributed by atoms with E-state index in [1.54, 1.807) is 0 Å². The van der Waals surface area contributed by atoms with Crippen LogP contribution in [0.4, 0.5) is 0 Å². The molecular weight excluding hydrogens is 196 g/mol. The van der Waals surface area contributed by atoms with Gasteiger partial charge in [0.2, 0.25) is 0 Å². The van der Waals surface area contributed by atoms with Crippen molar-refractivity contribution in [2.45, 2.75) is 59.3 Å². The summed E-state index contributed by atoms with van der Waals surface area (Å²) in [6.45, 7) is 6.65. The molecule has 2 aliphatic rings. The Bertz CT molecular complexity index is 369. The van der Waals surface area contributed by atoms with Gasteiger partial charge in [0.25, 0.3) is 0 Å². The van der Waals surface area contributed by atoms with Crippen LogP contribution in [0.3, 0.4) is 0 Å². The highest BCUT2D eigenvalue weighted by Crippen LogP contribution is 2.48. The normalized spacial score (nSPS) is 29.3. The number of allylic oxidation sites excluding steroid dienone is 4. The van der Waals surface area contributed by atoms with Crippen LogP contribution in [-0.2, 0) is 4.79 Å². The van der Waals surface area contributed by atoms with Crippen LogP contribution in [0.15, 0.2) is 22.8 Å². The Morgan fingerprint density at radius 1 is 1.31 bits per heavy atom. The third-order valence-corrected chi connectivity index (χ3v) is 4.15. The van der Waals surface area contributed by atoms with Gasteiger partial charge in [0.15, 0.2) is 5.78 Å². The maximum atomic E-state index is 11.8. The maximum Gasteiger partial charge on any atom is 0.158 e. The van der Waals surface area contributed by atoms with Crippen LogP contribution in [0.1, 0.15) is 59.3 Å². The van der Waals surface area contributed by atoms with Crippen molar-refractivity contribution in [2.75, 3.05) is 0 Å². The molecule has 0 saturated carbocycles. The van der Waals surface area contributed by atoms with E-state index in [1.807, 2.05) is 0 Å². The smallest absolute Gasteiger partial charge is 0.158 e. The SMILES string of the molecule is CC(C)=CCC1(C)CCC(=O)C2=C1CCC2. The third-order valence-electron chi connectivity index (χ3n) is 4.15. The zero-order chi connectivity index (χ0) is 11.8. The molecule has 0 radical (unpaired) electrons. The molecular formula is C15H22O. The summed E-state index contributed by atoms with van der Waals surface area (Å²) in [6, 6.07) is 0. The Morgan fingerprint density at radius 3 is 2.75 bits per heavy atom. The van der Waals surface area contributed by atoms with E-state index < -0.39 is 0 Å². The highest BCUT2D eigenvalue weighted by atomic mass is 16.1. The van der Waals surface area contributed by atoms with Crippen LogP contribution in [-0.4, -0.2) is 5.78 Å². The predicted molar refractivity (Wildman–Crippen MR) is 67.3 cm³/mol. The molecule has 0 aromatic heterocycles. The number of carbonyl (C=O) groups is 1. The lowest BCUT2D eigenvalue weighted by atomic mass is 9.69. The maximum absolute atomic E-state index is 11.8. The van der Waals surface area contributed by atoms with Crippen LogP contribution in [0.5, 0.6) is 0 Å². The second kappa shape index (κ2) is 4.20. The van der Waals surface area contributed by atoms with Crippen molar-refractivity contribution in [3.05, 3.63) is 22.8 Å². The van der Waals surface area contributed by atoms with Crippen LogP contribution < -0.4 is 0 Å². The molecule has 0 N–H and O–H groups in total. The molecule has 1 atom stereocenters. The minimum absolute atomic E-state index is 0.275. The molecule has 1 heteroatoms. The van der Waals surface area contributed by atoms with Gasteiger partial charge in [-0.25, -0.2) is 0 Å². The van der Waals surface area contributed by atoms with E-state index in [0.717, 1.165) is 32.1 Å². The third kappa shape index (κ3) is 2.00. The van der Waals surface area contributed by atoms with Gasteiger partial charge < -0.3 is 0 Å². The molecule has 0 saturated heterocycles. The first-order valence-electron chi connectivity index (χ1n) is 6.42. The first-order chi connectivity index (χ1) is 7.53. The fourth-order valence-corrected chi connectivity index (χ4v) is 3.06. The summed E-state index contributed by atoms with van der Waals surface area (Å²) in [5.41, 5.74) is 4.34. The second-order valence-corrected chi connectivity index (χ2v) is 5.78. The number of Topliss-reactive ketones (excluding diaryl/α,β-unsaturated/α-hetero) is 1.